The molecular formula is C13H19NO. The van der Waals surface area contributed by atoms with Gasteiger partial charge in [-0.3, -0.25) is 4.84 Å². The average Bonchev–Trinajstić information content (AvgIpc) is 2.29. The van der Waals surface area contributed by atoms with Crippen LogP contribution < -0.4 is 5.48 Å². The Morgan fingerprint density at radius 3 is 2.73 bits per heavy atom. The summed E-state index contributed by atoms with van der Waals surface area (Å²) in [4.78, 5) is 5.25. The molecule has 1 aromatic rings. The molecule has 0 spiro atoms. The van der Waals surface area contributed by atoms with E-state index in [0.29, 0.717) is 6.61 Å². The molecule has 82 valence electrons. The third-order valence-electron chi connectivity index (χ3n) is 2.02. The maximum atomic E-state index is 5.25. The van der Waals surface area contributed by atoms with Gasteiger partial charge in [0.1, 0.15) is 0 Å². The van der Waals surface area contributed by atoms with Crippen molar-refractivity contribution in [3.05, 3.63) is 48.0 Å². The second-order valence-corrected chi connectivity index (χ2v) is 3.38. The fraction of sp³-hybridized carbons (Fsp3) is 0.385. The van der Waals surface area contributed by atoms with E-state index in [1.807, 2.05) is 24.3 Å². The molecule has 15 heavy (non-hydrogen) atoms. The van der Waals surface area contributed by atoms with Crippen molar-refractivity contribution >= 4 is 0 Å². The lowest BCUT2D eigenvalue weighted by Gasteiger charge is -2.03. The summed E-state index contributed by atoms with van der Waals surface area (Å²) >= 11 is 0. The minimum absolute atomic E-state index is 0.632. The van der Waals surface area contributed by atoms with Crippen molar-refractivity contribution in [3.8, 4) is 0 Å². The lowest BCUT2D eigenvalue weighted by molar-refractivity contribution is 0.0576. The van der Waals surface area contributed by atoms with E-state index in [1.165, 1.54) is 12.0 Å². The van der Waals surface area contributed by atoms with Crippen molar-refractivity contribution in [1.29, 1.82) is 0 Å². The van der Waals surface area contributed by atoms with Crippen LogP contribution in [0.15, 0.2) is 42.5 Å². The predicted molar refractivity (Wildman–Crippen MR) is 63.3 cm³/mol. The first-order valence-electron chi connectivity index (χ1n) is 5.47. The zero-order valence-corrected chi connectivity index (χ0v) is 9.28. The van der Waals surface area contributed by atoms with Crippen molar-refractivity contribution in [3.63, 3.8) is 0 Å². The standard InChI is InChI=1S/C13H19NO/c1-2-3-4-8-11-15-14-12-13-9-6-5-7-10-13/h4-10,14H,2-3,11-12H2,1H3/b8-4+. The number of hydrogen-bond donors (Lipinski definition) is 1. The van der Waals surface area contributed by atoms with E-state index in [-0.39, 0.29) is 0 Å². The Hall–Kier alpha value is -1.12. The van der Waals surface area contributed by atoms with Gasteiger partial charge in [-0.1, -0.05) is 55.8 Å². The van der Waals surface area contributed by atoms with Crippen LogP contribution in [-0.4, -0.2) is 6.61 Å². The Morgan fingerprint density at radius 2 is 2.00 bits per heavy atom. The van der Waals surface area contributed by atoms with Crippen molar-refractivity contribution in [2.45, 2.75) is 26.3 Å². The molecule has 0 fully saturated rings. The maximum absolute atomic E-state index is 5.25. The highest BCUT2D eigenvalue weighted by Gasteiger charge is 1.88. The van der Waals surface area contributed by atoms with Gasteiger partial charge in [0.2, 0.25) is 0 Å². The zero-order chi connectivity index (χ0) is 10.8. The average molecular weight is 205 g/mol. The van der Waals surface area contributed by atoms with Crippen LogP contribution in [0, 0.1) is 0 Å². The minimum atomic E-state index is 0.632. The second kappa shape index (κ2) is 8.21. The number of nitrogens with one attached hydrogen (secondary N) is 1. The van der Waals surface area contributed by atoms with Crippen molar-refractivity contribution in [2.75, 3.05) is 6.61 Å². The summed E-state index contributed by atoms with van der Waals surface area (Å²) in [5.74, 6) is 0. The topological polar surface area (TPSA) is 21.3 Å². The van der Waals surface area contributed by atoms with E-state index < -0.39 is 0 Å². The Morgan fingerprint density at radius 1 is 1.20 bits per heavy atom. The summed E-state index contributed by atoms with van der Waals surface area (Å²) < 4.78 is 0. The van der Waals surface area contributed by atoms with E-state index in [2.05, 4.69) is 30.6 Å². The normalized spacial score (nSPS) is 11.0. The number of hydroxylamine groups is 1. The molecule has 0 unspecified atom stereocenters. The van der Waals surface area contributed by atoms with E-state index in [1.54, 1.807) is 0 Å². The smallest absolute Gasteiger partial charge is 0.0863 e. The van der Waals surface area contributed by atoms with Gasteiger partial charge < -0.3 is 0 Å². The Labute approximate surface area is 91.9 Å². The van der Waals surface area contributed by atoms with Crippen molar-refractivity contribution in [1.82, 2.24) is 5.48 Å². The number of unbranched alkanes of at least 4 members (excludes halogenated alkanes) is 1. The fourth-order valence-electron chi connectivity index (χ4n) is 1.19. The van der Waals surface area contributed by atoms with Gasteiger partial charge >= 0.3 is 0 Å². The summed E-state index contributed by atoms with van der Waals surface area (Å²) in [5.41, 5.74) is 4.16. The fourth-order valence-corrected chi connectivity index (χ4v) is 1.19. The molecule has 0 aliphatic carbocycles. The molecule has 2 heteroatoms. The minimum Gasteiger partial charge on any atom is -0.297 e. The van der Waals surface area contributed by atoms with Crippen molar-refractivity contribution < 1.29 is 4.84 Å². The summed E-state index contributed by atoms with van der Waals surface area (Å²) in [6.45, 7) is 3.55. The highest BCUT2D eigenvalue weighted by molar-refractivity contribution is 5.13. The lowest BCUT2D eigenvalue weighted by Crippen LogP contribution is -2.13. The summed E-state index contributed by atoms with van der Waals surface area (Å²) in [7, 11) is 0. The van der Waals surface area contributed by atoms with Crippen molar-refractivity contribution in [2.24, 2.45) is 0 Å². The highest BCUT2D eigenvalue weighted by atomic mass is 16.6. The largest absolute Gasteiger partial charge is 0.297 e. The molecule has 0 heterocycles. The molecule has 0 amide bonds. The molecular weight excluding hydrogens is 186 g/mol. The predicted octanol–water partition coefficient (Wildman–Crippen LogP) is 3.06. The first-order chi connectivity index (χ1) is 7.43. The van der Waals surface area contributed by atoms with Gasteiger partial charge in [-0.2, -0.15) is 5.48 Å². The SMILES string of the molecule is CCC/C=C/CONCc1ccccc1. The molecule has 0 aliphatic rings. The van der Waals surface area contributed by atoms with Gasteiger partial charge in [0, 0.05) is 6.54 Å². The molecule has 1 N–H and O–H groups in total. The number of rotatable bonds is 7. The molecule has 1 rings (SSSR count). The van der Waals surface area contributed by atoms with Crippen LogP contribution in [0.5, 0.6) is 0 Å². The number of allylic oxidation sites excluding steroid dienone is 1. The molecule has 0 bridgehead atoms. The van der Waals surface area contributed by atoms with Crippen LogP contribution >= 0.6 is 0 Å². The summed E-state index contributed by atoms with van der Waals surface area (Å²) in [6, 6.07) is 10.2. The lowest BCUT2D eigenvalue weighted by atomic mass is 10.2. The van der Waals surface area contributed by atoms with E-state index in [9.17, 15) is 0 Å². The quantitative estimate of drug-likeness (QED) is 0.419. The molecule has 0 radical (unpaired) electrons. The van der Waals surface area contributed by atoms with Gasteiger partial charge in [-0.05, 0) is 12.0 Å². The van der Waals surface area contributed by atoms with E-state index >= 15 is 0 Å². The van der Waals surface area contributed by atoms with Gasteiger partial charge in [0.05, 0.1) is 6.61 Å². The van der Waals surface area contributed by atoms with Gasteiger partial charge in [0.25, 0.3) is 0 Å². The summed E-state index contributed by atoms with van der Waals surface area (Å²) in [5, 5.41) is 0. The Bertz CT molecular complexity index is 269. The Kier molecular flexibility index (Phi) is 6.54. The van der Waals surface area contributed by atoms with Crippen LogP contribution in [0.3, 0.4) is 0 Å². The first-order valence-corrected chi connectivity index (χ1v) is 5.47. The van der Waals surface area contributed by atoms with Crippen LogP contribution in [0.1, 0.15) is 25.3 Å². The third-order valence-corrected chi connectivity index (χ3v) is 2.02. The molecule has 0 aromatic heterocycles. The first kappa shape index (κ1) is 12.0. The second-order valence-electron chi connectivity index (χ2n) is 3.38. The maximum Gasteiger partial charge on any atom is 0.0863 e. The van der Waals surface area contributed by atoms with Crippen LogP contribution in [-0.2, 0) is 11.4 Å². The van der Waals surface area contributed by atoms with E-state index in [0.717, 1.165) is 13.0 Å². The van der Waals surface area contributed by atoms with Crippen LogP contribution in [0.25, 0.3) is 0 Å². The van der Waals surface area contributed by atoms with Gasteiger partial charge in [-0.15, -0.1) is 0 Å². The number of hydrogen-bond acceptors (Lipinski definition) is 2. The molecule has 0 atom stereocenters. The summed E-state index contributed by atoms with van der Waals surface area (Å²) in [6.07, 6.45) is 6.50. The van der Waals surface area contributed by atoms with E-state index in [4.69, 9.17) is 4.84 Å². The van der Waals surface area contributed by atoms with Crippen LogP contribution in [0.2, 0.25) is 0 Å². The molecule has 1 aromatic carbocycles. The molecule has 0 saturated heterocycles. The third kappa shape index (κ3) is 6.05. The monoisotopic (exact) mass is 205 g/mol. The van der Waals surface area contributed by atoms with Gasteiger partial charge in [-0.25, -0.2) is 0 Å². The highest BCUT2D eigenvalue weighted by Crippen LogP contribution is 1.96. The van der Waals surface area contributed by atoms with Gasteiger partial charge in [0.15, 0.2) is 0 Å². The molecule has 0 aliphatic heterocycles. The number of benzene rings is 1. The van der Waals surface area contributed by atoms with Crippen LogP contribution in [0.4, 0.5) is 0 Å². The Balaban J connectivity index is 2.02. The zero-order valence-electron chi connectivity index (χ0n) is 9.28. The molecule has 2 nitrogen and oxygen atoms in total. The molecule has 0 saturated carbocycles.